The van der Waals surface area contributed by atoms with Crippen molar-refractivity contribution in [2.45, 2.75) is 43.8 Å². The summed E-state index contributed by atoms with van der Waals surface area (Å²) in [5.41, 5.74) is 11.7. The molecular weight excluding hydrogens is 260 g/mol. The van der Waals surface area contributed by atoms with E-state index in [0.29, 0.717) is 12.1 Å². The molecule has 1 aromatic carbocycles. The van der Waals surface area contributed by atoms with Gasteiger partial charge in [-0.3, -0.25) is 4.68 Å². The summed E-state index contributed by atoms with van der Waals surface area (Å²) in [5.74, 6) is 0. The highest BCUT2D eigenvalue weighted by atomic mass is 15.3. The Morgan fingerprint density at radius 3 is 2.86 bits per heavy atom. The van der Waals surface area contributed by atoms with Crippen LogP contribution in [0.4, 0.5) is 0 Å². The molecule has 2 aromatic rings. The van der Waals surface area contributed by atoms with E-state index in [9.17, 15) is 0 Å². The molecule has 0 saturated heterocycles. The van der Waals surface area contributed by atoms with Crippen molar-refractivity contribution in [1.29, 1.82) is 0 Å². The van der Waals surface area contributed by atoms with Crippen LogP contribution >= 0.6 is 0 Å². The van der Waals surface area contributed by atoms with Crippen LogP contribution in [0.5, 0.6) is 0 Å². The number of hydrogen-bond acceptors (Lipinski definition) is 3. The van der Waals surface area contributed by atoms with Gasteiger partial charge in [-0.05, 0) is 36.8 Å². The minimum Gasteiger partial charge on any atom is -0.324 e. The molecule has 21 heavy (non-hydrogen) atoms. The van der Waals surface area contributed by atoms with E-state index in [2.05, 4.69) is 34.7 Å². The lowest BCUT2D eigenvalue weighted by Gasteiger charge is -2.27. The van der Waals surface area contributed by atoms with Crippen LogP contribution in [0.1, 0.15) is 59.8 Å². The molecule has 2 aliphatic rings. The molecule has 1 aromatic heterocycles. The van der Waals surface area contributed by atoms with Crippen molar-refractivity contribution in [3.63, 3.8) is 0 Å². The maximum Gasteiger partial charge on any atom is 0.0540 e. The van der Waals surface area contributed by atoms with E-state index in [1.165, 1.54) is 35.2 Å². The second-order valence-electron chi connectivity index (χ2n) is 6.31. The molecule has 4 nitrogen and oxygen atoms in total. The molecule has 4 heteroatoms. The number of fused-ring (bicyclic) bond motifs is 2. The maximum absolute atomic E-state index is 6.28. The average molecular weight is 282 g/mol. The number of rotatable bonds is 2. The number of aromatic nitrogens is 2. The van der Waals surface area contributed by atoms with E-state index in [0.717, 1.165) is 12.8 Å². The van der Waals surface area contributed by atoms with Gasteiger partial charge in [0.05, 0.1) is 6.20 Å². The van der Waals surface area contributed by atoms with Crippen LogP contribution in [0.25, 0.3) is 0 Å². The first kappa shape index (κ1) is 13.0. The van der Waals surface area contributed by atoms with Crippen molar-refractivity contribution >= 4 is 0 Å². The normalized spacial score (nSPS) is 27.4. The number of benzene rings is 1. The van der Waals surface area contributed by atoms with Gasteiger partial charge >= 0.3 is 0 Å². The standard InChI is InChI=1S/C17H22N4/c1-21-17-8-4-7-15(13(17)10-19-21)20-16-9-14(18)11-5-2-3-6-12(11)16/h2-3,5-6,10,14-16,20H,4,7-9,18H2,1H3. The molecule has 0 aliphatic heterocycles. The summed E-state index contributed by atoms with van der Waals surface area (Å²) in [6.45, 7) is 0. The quantitative estimate of drug-likeness (QED) is 0.890. The van der Waals surface area contributed by atoms with Crippen LogP contribution < -0.4 is 11.1 Å². The summed E-state index contributed by atoms with van der Waals surface area (Å²) in [6, 6.07) is 9.52. The summed E-state index contributed by atoms with van der Waals surface area (Å²) in [4.78, 5) is 0. The number of hydrogen-bond donors (Lipinski definition) is 2. The fourth-order valence-electron chi connectivity index (χ4n) is 3.95. The van der Waals surface area contributed by atoms with Gasteiger partial charge in [0.25, 0.3) is 0 Å². The Balaban J connectivity index is 1.61. The Labute approximate surface area is 125 Å². The molecule has 0 radical (unpaired) electrons. The molecule has 3 atom stereocenters. The summed E-state index contributed by atoms with van der Waals surface area (Å²) in [6.07, 6.45) is 6.58. The zero-order chi connectivity index (χ0) is 14.4. The second-order valence-corrected chi connectivity index (χ2v) is 6.31. The first-order chi connectivity index (χ1) is 10.2. The zero-order valence-corrected chi connectivity index (χ0v) is 12.4. The molecule has 4 rings (SSSR count). The number of nitrogens with one attached hydrogen (secondary N) is 1. The highest BCUT2D eigenvalue weighted by Crippen LogP contribution is 2.40. The molecule has 1 heterocycles. The fraction of sp³-hybridized carbons (Fsp3) is 0.471. The van der Waals surface area contributed by atoms with Crippen LogP contribution in [0, 0.1) is 0 Å². The van der Waals surface area contributed by atoms with E-state index in [-0.39, 0.29) is 6.04 Å². The minimum atomic E-state index is 0.163. The largest absolute Gasteiger partial charge is 0.324 e. The fourth-order valence-corrected chi connectivity index (χ4v) is 3.95. The SMILES string of the molecule is Cn1ncc2c1CCCC2NC1CC(N)c2ccccc21. The Morgan fingerprint density at radius 1 is 1.19 bits per heavy atom. The predicted molar refractivity (Wildman–Crippen MR) is 82.8 cm³/mol. The third-order valence-electron chi connectivity index (χ3n) is 5.04. The summed E-state index contributed by atoms with van der Waals surface area (Å²) in [7, 11) is 2.04. The summed E-state index contributed by atoms with van der Waals surface area (Å²) >= 11 is 0. The Morgan fingerprint density at radius 2 is 2.00 bits per heavy atom. The Hall–Kier alpha value is -1.65. The van der Waals surface area contributed by atoms with Crippen LogP contribution in [0.3, 0.4) is 0 Å². The lowest BCUT2D eigenvalue weighted by atomic mass is 9.92. The van der Waals surface area contributed by atoms with Crippen LogP contribution in [-0.4, -0.2) is 9.78 Å². The van der Waals surface area contributed by atoms with Gasteiger partial charge in [0.2, 0.25) is 0 Å². The molecule has 110 valence electrons. The maximum atomic E-state index is 6.28. The molecule has 0 spiro atoms. The first-order valence-electron chi connectivity index (χ1n) is 7.85. The highest BCUT2D eigenvalue weighted by Gasteiger charge is 2.32. The Bertz CT molecular complexity index is 661. The van der Waals surface area contributed by atoms with E-state index in [1.807, 2.05) is 17.9 Å². The van der Waals surface area contributed by atoms with Crippen molar-refractivity contribution in [1.82, 2.24) is 15.1 Å². The number of nitrogens with two attached hydrogens (primary N) is 1. The van der Waals surface area contributed by atoms with Crippen molar-refractivity contribution in [3.05, 3.63) is 52.8 Å². The van der Waals surface area contributed by atoms with Gasteiger partial charge in [-0.2, -0.15) is 5.10 Å². The zero-order valence-electron chi connectivity index (χ0n) is 12.4. The summed E-state index contributed by atoms with van der Waals surface area (Å²) in [5, 5.41) is 8.27. The molecule has 0 fully saturated rings. The van der Waals surface area contributed by atoms with Gasteiger partial charge in [-0.15, -0.1) is 0 Å². The van der Waals surface area contributed by atoms with E-state index >= 15 is 0 Å². The van der Waals surface area contributed by atoms with Crippen molar-refractivity contribution in [2.75, 3.05) is 0 Å². The number of nitrogens with zero attached hydrogens (tertiary/aromatic N) is 2. The molecule has 0 amide bonds. The number of aryl methyl sites for hydroxylation is 1. The van der Waals surface area contributed by atoms with Gasteiger partial charge < -0.3 is 11.1 Å². The van der Waals surface area contributed by atoms with Crippen molar-refractivity contribution in [3.8, 4) is 0 Å². The highest BCUT2D eigenvalue weighted by molar-refractivity contribution is 5.38. The van der Waals surface area contributed by atoms with Gasteiger partial charge in [-0.25, -0.2) is 0 Å². The minimum absolute atomic E-state index is 0.163. The lowest BCUT2D eigenvalue weighted by molar-refractivity contribution is 0.386. The molecule has 3 unspecified atom stereocenters. The molecule has 3 N–H and O–H groups in total. The first-order valence-corrected chi connectivity index (χ1v) is 7.85. The van der Waals surface area contributed by atoms with Crippen molar-refractivity contribution in [2.24, 2.45) is 12.8 Å². The molecule has 0 saturated carbocycles. The van der Waals surface area contributed by atoms with E-state index in [4.69, 9.17) is 5.73 Å². The molecule has 2 aliphatic carbocycles. The van der Waals surface area contributed by atoms with Crippen LogP contribution in [0.15, 0.2) is 30.5 Å². The van der Waals surface area contributed by atoms with Gasteiger partial charge in [-0.1, -0.05) is 24.3 Å². The average Bonchev–Trinajstić information content (AvgIpc) is 3.03. The van der Waals surface area contributed by atoms with Gasteiger partial charge in [0.15, 0.2) is 0 Å². The molecule has 0 bridgehead atoms. The van der Waals surface area contributed by atoms with E-state index in [1.54, 1.807) is 0 Å². The van der Waals surface area contributed by atoms with E-state index < -0.39 is 0 Å². The topological polar surface area (TPSA) is 55.9 Å². The second kappa shape index (κ2) is 4.97. The Kier molecular flexibility index (Phi) is 3.08. The van der Waals surface area contributed by atoms with Crippen molar-refractivity contribution < 1.29 is 0 Å². The lowest BCUT2D eigenvalue weighted by Crippen LogP contribution is -2.28. The van der Waals surface area contributed by atoms with Gasteiger partial charge in [0, 0.05) is 36.4 Å². The van der Waals surface area contributed by atoms with Gasteiger partial charge in [0.1, 0.15) is 0 Å². The van der Waals surface area contributed by atoms with Crippen LogP contribution in [-0.2, 0) is 13.5 Å². The summed E-state index contributed by atoms with van der Waals surface area (Å²) < 4.78 is 2.03. The smallest absolute Gasteiger partial charge is 0.0540 e. The third-order valence-corrected chi connectivity index (χ3v) is 5.04. The van der Waals surface area contributed by atoms with Crippen LogP contribution in [0.2, 0.25) is 0 Å². The third kappa shape index (κ3) is 2.10. The monoisotopic (exact) mass is 282 g/mol. The molecular formula is C17H22N4. The predicted octanol–water partition coefficient (Wildman–Crippen LogP) is 2.53.